The summed E-state index contributed by atoms with van der Waals surface area (Å²) in [6.07, 6.45) is 20.7. The van der Waals surface area contributed by atoms with E-state index >= 15 is 0 Å². The van der Waals surface area contributed by atoms with Gasteiger partial charge in [-0.05, 0) is 158 Å². The molecule has 4 aliphatic carbocycles. The summed E-state index contributed by atoms with van der Waals surface area (Å²) < 4.78 is 0. The Morgan fingerprint density at radius 2 is 1.05 bits per heavy atom. The molecule has 2 heteroatoms. The van der Waals surface area contributed by atoms with Crippen LogP contribution >= 0.6 is 0 Å². The van der Waals surface area contributed by atoms with E-state index in [4.69, 9.17) is 0 Å². The average molecular weight is 811 g/mol. The molecular weight excluding hydrogens is 761 g/mol. The molecule has 0 radical (unpaired) electrons. The van der Waals surface area contributed by atoms with Gasteiger partial charge in [-0.2, -0.15) is 0 Å². The fraction of sp³-hybridized carbons (Fsp3) is 0.180. The van der Waals surface area contributed by atoms with E-state index in [1.807, 2.05) is 0 Å². The molecule has 13 rings (SSSR count). The topological polar surface area (TPSA) is 6.48 Å². The minimum atomic E-state index is -0.139. The van der Waals surface area contributed by atoms with Crippen molar-refractivity contribution in [2.75, 3.05) is 16.3 Å². The summed E-state index contributed by atoms with van der Waals surface area (Å²) in [5.74, 6) is 0. The third-order valence-electron chi connectivity index (χ3n) is 15.4. The van der Waals surface area contributed by atoms with Gasteiger partial charge >= 0.3 is 0 Å². The van der Waals surface area contributed by atoms with Crippen LogP contribution in [0.1, 0.15) is 95.2 Å². The fourth-order valence-corrected chi connectivity index (χ4v) is 12.3. The quantitative estimate of drug-likeness (QED) is 0.163. The van der Waals surface area contributed by atoms with Gasteiger partial charge in [-0.25, -0.2) is 0 Å². The van der Waals surface area contributed by atoms with Gasteiger partial charge in [0.25, 0.3) is 0 Å². The SMILES string of the molecule is CC1(C)c2cc(C=Cc3ccc4c(c3)C3(Cc5ccccc5C3)c3cc(N5c6ccccc6C=Cc6ccccc65)ccc3-4)ccc2-c2ccc(N3CCCC4=C3CCC=C4)cc21. The highest BCUT2D eigenvalue weighted by atomic mass is 15.2. The molecule has 2 aliphatic heterocycles. The van der Waals surface area contributed by atoms with E-state index in [2.05, 4.69) is 206 Å². The molecule has 0 aromatic heterocycles. The summed E-state index contributed by atoms with van der Waals surface area (Å²) >= 11 is 0. The predicted octanol–water partition coefficient (Wildman–Crippen LogP) is 15.4. The molecule has 0 bridgehead atoms. The average Bonchev–Trinajstić information content (AvgIpc) is 3.87. The molecule has 0 amide bonds. The molecule has 2 nitrogen and oxygen atoms in total. The zero-order valence-electron chi connectivity index (χ0n) is 36.2. The summed E-state index contributed by atoms with van der Waals surface area (Å²) in [7, 11) is 0. The molecule has 0 unspecified atom stereocenters. The molecule has 63 heavy (non-hydrogen) atoms. The molecule has 0 saturated heterocycles. The third-order valence-corrected chi connectivity index (χ3v) is 15.4. The standard InChI is InChI=1S/C61H50N2/c1-60(2)53-34-40(23-29-49(53)50-31-27-47(36-54(50)60)62-33-11-17-42-12-5-8-18-57(42)62)21-22-41-24-30-51-52-32-28-48(37-56(52)61(55(51)35-41)38-45-15-3-4-16-46(45)39-61)63-58-19-9-6-13-43(58)25-26-44-14-7-10-20-59(44)63/h3-7,9-10,12-16,19-32,34-37H,8,11,17-18,33,38-39H2,1-2H3. The van der Waals surface area contributed by atoms with Crippen LogP contribution in [0.4, 0.5) is 22.7 Å². The molecule has 1 spiro atoms. The number of nitrogens with zero attached hydrogens (tertiary/aromatic N) is 2. The Morgan fingerprint density at radius 1 is 0.508 bits per heavy atom. The van der Waals surface area contributed by atoms with Crippen LogP contribution in [0.2, 0.25) is 0 Å². The van der Waals surface area contributed by atoms with Crippen molar-refractivity contribution in [3.63, 3.8) is 0 Å². The lowest BCUT2D eigenvalue weighted by Gasteiger charge is -2.35. The Kier molecular flexibility index (Phi) is 8.04. The molecule has 6 aliphatic rings. The number of hydrogen-bond donors (Lipinski definition) is 0. The first kappa shape index (κ1) is 36.7. The van der Waals surface area contributed by atoms with E-state index in [-0.39, 0.29) is 10.8 Å². The van der Waals surface area contributed by atoms with Gasteiger partial charge in [0.05, 0.1) is 11.4 Å². The highest BCUT2D eigenvalue weighted by Gasteiger charge is 2.47. The zero-order chi connectivity index (χ0) is 41.9. The minimum absolute atomic E-state index is 0.0833. The second-order valence-corrected chi connectivity index (χ2v) is 19.2. The summed E-state index contributed by atoms with van der Waals surface area (Å²) in [6, 6.07) is 55.7. The first-order valence-corrected chi connectivity index (χ1v) is 23.1. The van der Waals surface area contributed by atoms with E-state index in [0.717, 1.165) is 32.2 Å². The van der Waals surface area contributed by atoms with Crippen LogP contribution in [0.3, 0.4) is 0 Å². The van der Waals surface area contributed by atoms with Gasteiger partial charge < -0.3 is 9.80 Å². The van der Waals surface area contributed by atoms with Crippen molar-refractivity contribution in [3.05, 3.63) is 225 Å². The van der Waals surface area contributed by atoms with Crippen molar-refractivity contribution in [2.24, 2.45) is 0 Å². The van der Waals surface area contributed by atoms with Gasteiger partial charge in [0.15, 0.2) is 0 Å². The van der Waals surface area contributed by atoms with E-state index in [1.54, 1.807) is 0 Å². The van der Waals surface area contributed by atoms with E-state index in [9.17, 15) is 0 Å². The highest BCUT2D eigenvalue weighted by molar-refractivity contribution is 5.95. The monoisotopic (exact) mass is 810 g/mol. The Labute approximate surface area is 371 Å². The number of benzene rings is 7. The number of allylic oxidation sites excluding steroid dienone is 4. The zero-order valence-corrected chi connectivity index (χ0v) is 36.2. The Hall–Kier alpha value is -6.90. The summed E-state index contributed by atoms with van der Waals surface area (Å²) in [4.78, 5) is 5.09. The lowest BCUT2D eigenvalue weighted by Crippen LogP contribution is -2.29. The number of fused-ring (bicyclic) bond motifs is 11. The lowest BCUT2D eigenvalue weighted by atomic mass is 9.75. The smallest absolute Gasteiger partial charge is 0.0534 e. The maximum Gasteiger partial charge on any atom is 0.0534 e. The number of para-hydroxylation sites is 2. The van der Waals surface area contributed by atoms with Gasteiger partial charge in [-0.15, -0.1) is 0 Å². The van der Waals surface area contributed by atoms with Gasteiger partial charge in [-0.3, -0.25) is 0 Å². The fourth-order valence-electron chi connectivity index (χ4n) is 12.3. The van der Waals surface area contributed by atoms with Gasteiger partial charge in [0.1, 0.15) is 0 Å². The van der Waals surface area contributed by atoms with Crippen molar-refractivity contribution in [3.8, 4) is 22.3 Å². The molecule has 0 fully saturated rings. The molecule has 7 aromatic carbocycles. The predicted molar refractivity (Wildman–Crippen MR) is 265 cm³/mol. The van der Waals surface area contributed by atoms with Crippen LogP contribution in [0.15, 0.2) is 169 Å². The van der Waals surface area contributed by atoms with Crippen LogP contribution in [0.5, 0.6) is 0 Å². The molecule has 0 N–H and O–H groups in total. The number of rotatable bonds is 4. The second kappa shape index (κ2) is 13.8. The van der Waals surface area contributed by atoms with Crippen LogP contribution < -0.4 is 9.80 Å². The summed E-state index contributed by atoms with van der Waals surface area (Å²) in [5, 5.41) is 0. The lowest BCUT2D eigenvalue weighted by molar-refractivity contribution is 0.563. The maximum absolute atomic E-state index is 2.62. The van der Waals surface area contributed by atoms with Crippen molar-refractivity contribution in [1.82, 2.24) is 0 Å². The number of hydrogen-bond acceptors (Lipinski definition) is 2. The van der Waals surface area contributed by atoms with Crippen molar-refractivity contribution in [2.45, 2.75) is 63.2 Å². The molecular formula is C61H50N2. The molecule has 0 atom stereocenters. The van der Waals surface area contributed by atoms with Gasteiger partial charge in [0, 0.05) is 34.4 Å². The first-order chi connectivity index (χ1) is 30.9. The van der Waals surface area contributed by atoms with Gasteiger partial charge in [0.2, 0.25) is 0 Å². The third kappa shape index (κ3) is 5.56. The molecule has 304 valence electrons. The largest absolute Gasteiger partial charge is 0.345 e. The van der Waals surface area contributed by atoms with E-state index in [0.29, 0.717) is 0 Å². The molecule has 0 saturated carbocycles. The van der Waals surface area contributed by atoms with Gasteiger partial charge in [-0.1, -0.05) is 159 Å². The van der Waals surface area contributed by atoms with E-state index < -0.39 is 0 Å². The number of anilines is 4. The normalized spacial score (nSPS) is 17.8. The van der Waals surface area contributed by atoms with Crippen LogP contribution in [0.25, 0.3) is 46.6 Å². The summed E-state index contributed by atoms with van der Waals surface area (Å²) in [6.45, 7) is 5.95. The molecule has 7 aromatic rings. The molecule has 2 heterocycles. The van der Waals surface area contributed by atoms with Crippen molar-refractivity contribution < 1.29 is 0 Å². The second-order valence-electron chi connectivity index (χ2n) is 19.2. The van der Waals surface area contributed by atoms with Crippen molar-refractivity contribution in [1.29, 1.82) is 0 Å². The Morgan fingerprint density at radius 3 is 1.73 bits per heavy atom. The Bertz CT molecular complexity index is 3130. The van der Waals surface area contributed by atoms with Crippen LogP contribution in [-0.2, 0) is 23.7 Å². The van der Waals surface area contributed by atoms with Crippen LogP contribution in [0, 0.1) is 0 Å². The maximum atomic E-state index is 2.62. The van der Waals surface area contributed by atoms with E-state index in [1.165, 1.54) is 125 Å². The minimum Gasteiger partial charge on any atom is -0.345 e. The van der Waals surface area contributed by atoms with Crippen LogP contribution in [-0.4, -0.2) is 6.54 Å². The summed E-state index contributed by atoms with van der Waals surface area (Å²) in [5.41, 5.74) is 27.0. The Balaban J connectivity index is 0.855. The highest BCUT2D eigenvalue weighted by Crippen LogP contribution is 2.57. The van der Waals surface area contributed by atoms with Crippen molar-refractivity contribution >= 4 is 47.1 Å². The first-order valence-electron chi connectivity index (χ1n) is 23.1.